The number of carbonyl (C=O) groups excluding carboxylic acids is 2. The second-order valence-corrected chi connectivity index (χ2v) is 5.61. The van der Waals surface area contributed by atoms with Crippen LogP contribution in [0.25, 0.3) is 0 Å². The molecule has 6 heteroatoms. The van der Waals surface area contributed by atoms with Crippen molar-refractivity contribution in [2.24, 2.45) is 5.73 Å². The van der Waals surface area contributed by atoms with Crippen LogP contribution in [-0.2, 0) is 20.7 Å². The number of nitrogens with zero attached hydrogens (tertiary/aromatic N) is 1. The summed E-state index contributed by atoms with van der Waals surface area (Å²) in [6.07, 6.45) is 1.77. The largest absolute Gasteiger partial charge is 0.465 e. The zero-order valence-electron chi connectivity index (χ0n) is 12.9. The summed E-state index contributed by atoms with van der Waals surface area (Å²) in [6, 6.07) is 2.51. The van der Waals surface area contributed by atoms with Crippen LogP contribution in [0.4, 0.5) is 0 Å². The molecular formula is C15H22N2O4. The first-order chi connectivity index (χ1) is 9.73. The molecule has 0 saturated heterocycles. The lowest BCUT2D eigenvalue weighted by Crippen LogP contribution is -2.34. The molecule has 1 aromatic rings. The van der Waals surface area contributed by atoms with E-state index in [9.17, 15) is 9.59 Å². The van der Waals surface area contributed by atoms with Gasteiger partial charge in [0.1, 0.15) is 17.3 Å². The van der Waals surface area contributed by atoms with Gasteiger partial charge in [0.25, 0.3) is 0 Å². The Morgan fingerprint density at radius 2 is 2.05 bits per heavy atom. The summed E-state index contributed by atoms with van der Waals surface area (Å²) in [5, 5.41) is 0. The average Bonchev–Trinajstić information content (AvgIpc) is 2.37. The molecule has 0 amide bonds. The van der Waals surface area contributed by atoms with Gasteiger partial charge >= 0.3 is 11.9 Å². The molecule has 21 heavy (non-hydrogen) atoms. The van der Waals surface area contributed by atoms with E-state index in [0.29, 0.717) is 0 Å². The molecule has 1 heterocycles. The van der Waals surface area contributed by atoms with E-state index < -0.39 is 23.6 Å². The average molecular weight is 294 g/mol. The number of nitrogens with two attached hydrogens (primary N) is 1. The van der Waals surface area contributed by atoms with Gasteiger partial charge in [0.2, 0.25) is 0 Å². The van der Waals surface area contributed by atoms with Crippen molar-refractivity contribution in [2.45, 2.75) is 45.8 Å². The second kappa shape index (κ2) is 7.17. The topological polar surface area (TPSA) is 91.5 Å². The Morgan fingerprint density at radius 1 is 1.38 bits per heavy atom. The van der Waals surface area contributed by atoms with Crippen LogP contribution in [-0.4, -0.2) is 35.2 Å². The van der Waals surface area contributed by atoms with Gasteiger partial charge < -0.3 is 15.2 Å². The first-order valence-electron chi connectivity index (χ1n) is 6.83. The Labute approximate surface area is 124 Å². The van der Waals surface area contributed by atoms with Gasteiger partial charge in [-0.1, -0.05) is 0 Å². The molecule has 0 aromatic carbocycles. The van der Waals surface area contributed by atoms with Crippen LogP contribution >= 0.6 is 0 Å². The third kappa shape index (κ3) is 5.91. The molecule has 0 spiro atoms. The number of hydrogen-bond acceptors (Lipinski definition) is 6. The van der Waals surface area contributed by atoms with Gasteiger partial charge in [-0.3, -0.25) is 4.79 Å². The Morgan fingerprint density at radius 3 is 2.62 bits per heavy atom. The molecule has 0 aliphatic rings. The van der Waals surface area contributed by atoms with Crippen molar-refractivity contribution in [3.05, 3.63) is 29.6 Å². The van der Waals surface area contributed by atoms with E-state index in [1.165, 1.54) is 6.20 Å². The summed E-state index contributed by atoms with van der Waals surface area (Å²) >= 11 is 0. The Bertz CT molecular complexity index is 509. The van der Waals surface area contributed by atoms with E-state index >= 15 is 0 Å². The summed E-state index contributed by atoms with van der Waals surface area (Å²) in [4.78, 5) is 27.4. The number of pyridine rings is 1. The Kier molecular flexibility index (Phi) is 5.84. The Balaban J connectivity index is 2.77. The van der Waals surface area contributed by atoms with Crippen LogP contribution in [0.1, 0.15) is 43.7 Å². The molecule has 0 fully saturated rings. The molecule has 1 unspecified atom stereocenters. The predicted molar refractivity (Wildman–Crippen MR) is 77.7 cm³/mol. The molecule has 0 bridgehead atoms. The first-order valence-corrected chi connectivity index (χ1v) is 6.83. The van der Waals surface area contributed by atoms with E-state index in [-0.39, 0.29) is 18.7 Å². The standard InChI is InChI=1S/C15H22N2O4/c1-5-20-13(18)11(16)8-10-6-7-17-12(9-10)14(19)21-15(2,3)4/h6-7,9,11H,5,8,16H2,1-4H3. The lowest BCUT2D eigenvalue weighted by atomic mass is 10.1. The minimum absolute atomic E-state index is 0.193. The fourth-order valence-electron chi connectivity index (χ4n) is 1.63. The van der Waals surface area contributed by atoms with Gasteiger partial charge in [-0.2, -0.15) is 0 Å². The molecule has 1 atom stereocenters. The highest BCUT2D eigenvalue weighted by Crippen LogP contribution is 2.12. The maximum Gasteiger partial charge on any atom is 0.357 e. The van der Waals surface area contributed by atoms with Crippen LogP contribution in [0.3, 0.4) is 0 Å². The molecule has 1 aromatic heterocycles. The zero-order chi connectivity index (χ0) is 16.0. The molecule has 116 valence electrons. The maximum absolute atomic E-state index is 11.9. The van der Waals surface area contributed by atoms with Crippen molar-refractivity contribution >= 4 is 11.9 Å². The maximum atomic E-state index is 11.9. The normalized spacial score (nSPS) is 12.6. The molecule has 0 aliphatic carbocycles. The molecule has 6 nitrogen and oxygen atoms in total. The van der Waals surface area contributed by atoms with Crippen molar-refractivity contribution in [3.8, 4) is 0 Å². The lowest BCUT2D eigenvalue weighted by molar-refractivity contribution is -0.144. The molecule has 1 rings (SSSR count). The quantitative estimate of drug-likeness (QED) is 0.827. The highest BCUT2D eigenvalue weighted by Gasteiger charge is 2.20. The van der Waals surface area contributed by atoms with Gasteiger partial charge in [-0.05, 0) is 51.8 Å². The van der Waals surface area contributed by atoms with Gasteiger partial charge in [-0.25, -0.2) is 9.78 Å². The molecule has 0 radical (unpaired) electrons. The van der Waals surface area contributed by atoms with Crippen molar-refractivity contribution in [2.75, 3.05) is 6.61 Å². The lowest BCUT2D eigenvalue weighted by Gasteiger charge is -2.19. The first kappa shape index (κ1) is 17.1. The van der Waals surface area contributed by atoms with E-state index in [4.69, 9.17) is 15.2 Å². The highest BCUT2D eigenvalue weighted by atomic mass is 16.6. The Hall–Kier alpha value is -1.95. The summed E-state index contributed by atoms with van der Waals surface area (Å²) < 4.78 is 10.1. The monoisotopic (exact) mass is 294 g/mol. The summed E-state index contributed by atoms with van der Waals surface area (Å²) in [6.45, 7) is 7.35. The fraction of sp³-hybridized carbons (Fsp3) is 0.533. The van der Waals surface area contributed by atoms with Crippen LogP contribution < -0.4 is 5.73 Å². The molecule has 0 saturated carbocycles. The highest BCUT2D eigenvalue weighted by molar-refractivity contribution is 5.87. The number of rotatable bonds is 5. The second-order valence-electron chi connectivity index (χ2n) is 5.61. The van der Waals surface area contributed by atoms with E-state index in [0.717, 1.165) is 5.56 Å². The smallest absolute Gasteiger partial charge is 0.357 e. The molecule has 0 aliphatic heterocycles. The third-order valence-corrected chi connectivity index (χ3v) is 2.48. The number of esters is 2. The third-order valence-electron chi connectivity index (χ3n) is 2.48. The van der Waals surface area contributed by atoms with Gasteiger partial charge in [0.15, 0.2) is 0 Å². The van der Waals surface area contributed by atoms with Crippen molar-refractivity contribution in [1.82, 2.24) is 4.98 Å². The van der Waals surface area contributed by atoms with Crippen LogP contribution in [0.5, 0.6) is 0 Å². The van der Waals surface area contributed by atoms with Crippen molar-refractivity contribution < 1.29 is 19.1 Å². The van der Waals surface area contributed by atoms with Crippen molar-refractivity contribution in [1.29, 1.82) is 0 Å². The molecular weight excluding hydrogens is 272 g/mol. The summed E-state index contributed by atoms with van der Waals surface area (Å²) in [7, 11) is 0. The number of carbonyl (C=O) groups is 2. The zero-order valence-corrected chi connectivity index (χ0v) is 12.9. The van der Waals surface area contributed by atoms with Crippen molar-refractivity contribution in [3.63, 3.8) is 0 Å². The van der Waals surface area contributed by atoms with Gasteiger partial charge in [0.05, 0.1) is 6.61 Å². The van der Waals surface area contributed by atoms with E-state index in [2.05, 4.69) is 4.98 Å². The van der Waals surface area contributed by atoms with E-state index in [1.807, 2.05) is 0 Å². The SMILES string of the molecule is CCOC(=O)C(N)Cc1ccnc(C(=O)OC(C)(C)C)c1. The predicted octanol–water partition coefficient (Wildman–Crippen LogP) is 1.47. The van der Waals surface area contributed by atoms with Gasteiger partial charge in [-0.15, -0.1) is 0 Å². The number of hydrogen-bond donors (Lipinski definition) is 1. The van der Waals surface area contributed by atoms with Crippen LogP contribution in [0, 0.1) is 0 Å². The van der Waals surface area contributed by atoms with Crippen LogP contribution in [0.15, 0.2) is 18.3 Å². The number of ether oxygens (including phenoxy) is 2. The minimum atomic E-state index is -0.765. The summed E-state index contributed by atoms with van der Waals surface area (Å²) in [5.41, 5.74) is 6.09. The number of aromatic nitrogens is 1. The fourth-order valence-corrected chi connectivity index (χ4v) is 1.63. The van der Waals surface area contributed by atoms with E-state index in [1.54, 1.807) is 39.8 Å². The summed E-state index contributed by atoms with van der Waals surface area (Å²) in [5.74, 6) is -0.970. The minimum Gasteiger partial charge on any atom is -0.465 e. The van der Waals surface area contributed by atoms with Gasteiger partial charge in [0, 0.05) is 6.20 Å². The molecule has 2 N–H and O–H groups in total. The van der Waals surface area contributed by atoms with Crippen LogP contribution in [0.2, 0.25) is 0 Å².